The Hall–Kier alpha value is -0.650. The lowest BCUT2D eigenvalue weighted by Crippen LogP contribution is -2.51. The van der Waals surface area contributed by atoms with E-state index in [0.717, 1.165) is 19.6 Å². The molecule has 5 heteroatoms. The molecule has 1 aliphatic rings. The summed E-state index contributed by atoms with van der Waals surface area (Å²) in [4.78, 5) is 15.4. The first kappa shape index (κ1) is 14.4. The topological polar surface area (TPSA) is 69.8 Å². The van der Waals surface area contributed by atoms with E-state index in [1.54, 1.807) is 0 Å². The fourth-order valence-electron chi connectivity index (χ4n) is 2.74. The zero-order valence-electron chi connectivity index (χ0n) is 11.4. The summed E-state index contributed by atoms with van der Waals surface area (Å²) in [5.74, 6) is -0.884. The van der Waals surface area contributed by atoms with Crippen LogP contribution in [0.15, 0.2) is 0 Å². The van der Waals surface area contributed by atoms with Crippen molar-refractivity contribution in [3.63, 3.8) is 0 Å². The van der Waals surface area contributed by atoms with Gasteiger partial charge < -0.3 is 20.6 Å². The Morgan fingerprint density at radius 1 is 1.53 bits per heavy atom. The number of carboxylic acid groups (broad SMARTS) is 1. The lowest BCUT2D eigenvalue weighted by molar-refractivity contribution is -0.142. The quantitative estimate of drug-likeness (QED) is 0.714. The van der Waals surface area contributed by atoms with E-state index in [9.17, 15) is 4.79 Å². The van der Waals surface area contributed by atoms with Gasteiger partial charge in [-0.25, -0.2) is 0 Å². The maximum absolute atomic E-state index is 11.1. The van der Waals surface area contributed by atoms with Crippen molar-refractivity contribution in [2.24, 2.45) is 11.1 Å². The SMILES string of the molecule is CN(C)CC(C)(C)CN1CCC(N)(C(=O)O)C1. The first-order valence-corrected chi connectivity index (χ1v) is 6.04. The van der Waals surface area contributed by atoms with Crippen molar-refractivity contribution in [2.75, 3.05) is 40.3 Å². The van der Waals surface area contributed by atoms with E-state index in [1.165, 1.54) is 0 Å². The van der Waals surface area contributed by atoms with Gasteiger partial charge >= 0.3 is 5.97 Å². The number of carbonyl (C=O) groups is 1. The zero-order chi connectivity index (χ0) is 13.3. The molecule has 0 aromatic carbocycles. The summed E-state index contributed by atoms with van der Waals surface area (Å²) in [6.07, 6.45) is 0.542. The van der Waals surface area contributed by atoms with Gasteiger partial charge in [0.25, 0.3) is 0 Å². The second-order valence-corrected chi connectivity index (χ2v) is 6.32. The normalized spacial score (nSPS) is 26.7. The molecule has 0 amide bonds. The van der Waals surface area contributed by atoms with Crippen LogP contribution < -0.4 is 5.73 Å². The maximum Gasteiger partial charge on any atom is 0.325 e. The van der Waals surface area contributed by atoms with Crippen LogP contribution in [-0.4, -0.2) is 66.7 Å². The molecule has 3 N–H and O–H groups in total. The summed E-state index contributed by atoms with van der Waals surface area (Å²) in [5.41, 5.74) is 4.96. The minimum Gasteiger partial charge on any atom is -0.480 e. The molecule has 0 aromatic rings. The summed E-state index contributed by atoms with van der Waals surface area (Å²) < 4.78 is 0. The zero-order valence-corrected chi connectivity index (χ0v) is 11.4. The van der Waals surface area contributed by atoms with Crippen molar-refractivity contribution in [3.05, 3.63) is 0 Å². The Balaban J connectivity index is 2.53. The third-order valence-corrected chi connectivity index (χ3v) is 3.20. The molecular weight excluding hydrogens is 218 g/mol. The predicted octanol–water partition coefficient (Wildman–Crippen LogP) is 0.0620. The molecule has 1 rings (SSSR count). The monoisotopic (exact) mass is 243 g/mol. The van der Waals surface area contributed by atoms with Gasteiger partial charge in [-0.1, -0.05) is 13.8 Å². The van der Waals surface area contributed by atoms with E-state index in [0.29, 0.717) is 13.0 Å². The van der Waals surface area contributed by atoms with Crippen LogP contribution in [0, 0.1) is 5.41 Å². The van der Waals surface area contributed by atoms with Crippen LogP contribution in [0.3, 0.4) is 0 Å². The molecule has 0 aliphatic carbocycles. The van der Waals surface area contributed by atoms with Gasteiger partial charge in [-0.15, -0.1) is 0 Å². The van der Waals surface area contributed by atoms with Crippen LogP contribution >= 0.6 is 0 Å². The fraction of sp³-hybridized carbons (Fsp3) is 0.917. The van der Waals surface area contributed by atoms with E-state index in [-0.39, 0.29) is 5.41 Å². The summed E-state index contributed by atoms with van der Waals surface area (Å²) in [5, 5.41) is 9.07. The molecule has 0 radical (unpaired) electrons. The van der Waals surface area contributed by atoms with E-state index in [2.05, 4.69) is 37.7 Å². The van der Waals surface area contributed by atoms with Crippen LogP contribution in [0.5, 0.6) is 0 Å². The summed E-state index contributed by atoms with van der Waals surface area (Å²) in [7, 11) is 4.10. The second-order valence-electron chi connectivity index (χ2n) is 6.32. The van der Waals surface area contributed by atoms with Crippen LogP contribution in [0.2, 0.25) is 0 Å². The van der Waals surface area contributed by atoms with Gasteiger partial charge in [-0.2, -0.15) is 0 Å². The van der Waals surface area contributed by atoms with Crippen molar-refractivity contribution < 1.29 is 9.90 Å². The Labute approximate surface area is 104 Å². The van der Waals surface area contributed by atoms with Crippen molar-refractivity contribution >= 4 is 5.97 Å². The van der Waals surface area contributed by atoms with Crippen molar-refractivity contribution in [1.82, 2.24) is 9.80 Å². The smallest absolute Gasteiger partial charge is 0.325 e. The van der Waals surface area contributed by atoms with Gasteiger partial charge in [0.15, 0.2) is 0 Å². The average Bonchev–Trinajstić information content (AvgIpc) is 2.45. The molecule has 1 fully saturated rings. The fourth-order valence-corrected chi connectivity index (χ4v) is 2.74. The number of rotatable bonds is 5. The molecule has 1 atom stereocenters. The van der Waals surface area contributed by atoms with E-state index < -0.39 is 11.5 Å². The van der Waals surface area contributed by atoms with Crippen LogP contribution in [0.4, 0.5) is 0 Å². The average molecular weight is 243 g/mol. The molecule has 0 spiro atoms. The lowest BCUT2D eigenvalue weighted by atomic mass is 9.92. The van der Waals surface area contributed by atoms with Gasteiger partial charge in [0, 0.05) is 26.2 Å². The highest BCUT2D eigenvalue weighted by atomic mass is 16.4. The number of likely N-dealkylation sites (tertiary alicyclic amines) is 1. The molecule has 5 nitrogen and oxygen atoms in total. The predicted molar refractivity (Wildman–Crippen MR) is 67.9 cm³/mol. The summed E-state index contributed by atoms with van der Waals surface area (Å²) >= 11 is 0. The van der Waals surface area contributed by atoms with Crippen LogP contribution in [0.25, 0.3) is 0 Å². The number of aliphatic carboxylic acids is 1. The summed E-state index contributed by atoms with van der Waals surface area (Å²) in [6, 6.07) is 0. The van der Waals surface area contributed by atoms with Gasteiger partial charge in [0.2, 0.25) is 0 Å². The molecular formula is C12H25N3O2. The first-order chi connectivity index (χ1) is 7.65. The van der Waals surface area contributed by atoms with E-state index in [1.807, 2.05) is 0 Å². The Morgan fingerprint density at radius 3 is 2.53 bits per heavy atom. The van der Waals surface area contributed by atoms with Gasteiger partial charge in [0.1, 0.15) is 5.54 Å². The van der Waals surface area contributed by atoms with Gasteiger partial charge in [-0.3, -0.25) is 4.79 Å². The highest BCUT2D eigenvalue weighted by molar-refractivity contribution is 5.79. The molecule has 0 bridgehead atoms. The molecule has 1 heterocycles. The number of hydrogen-bond acceptors (Lipinski definition) is 4. The van der Waals surface area contributed by atoms with Crippen LogP contribution in [0.1, 0.15) is 20.3 Å². The summed E-state index contributed by atoms with van der Waals surface area (Å²) in [6.45, 7) is 7.50. The lowest BCUT2D eigenvalue weighted by Gasteiger charge is -2.33. The van der Waals surface area contributed by atoms with Crippen molar-refractivity contribution in [2.45, 2.75) is 25.8 Å². The van der Waals surface area contributed by atoms with E-state index in [4.69, 9.17) is 10.8 Å². The Kier molecular flexibility index (Phi) is 4.17. The van der Waals surface area contributed by atoms with Crippen LogP contribution in [-0.2, 0) is 4.79 Å². The second kappa shape index (κ2) is 4.92. The molecule has 0 aromatic heterocycles. The molecule has 17 heavy (non-hydrogen) atoms. The molecule has 100 valence electrons. The van der Waals surface area contributed by atoms with Gasteiger partial charge in [-0.05, 0) is 25.9 Å². The highest BCUT2D eigenvalue weighted by Crippen LogP contribution is 2.24. The third kappa shape index (κ3) is 3.94. The molecule has 1 saturated heterocycles. The van der Waals surface area contributed by atoms with E-state index >= 15 is 0 Å². The molecule has 1 unspecified atom stereocenters. The van der Waals surface area contributed by atoms with Crippen molar-refractivity contribution in [1.29, 1.82) is 0 Å². The standard InChI is InChI=1S/C12H25N3O2/c1-11(2,7-14(3)4)8-15-6-5-12(13,9-15)10(16)17/h5-9,13H2,1-4H3,(H,16,17). The Bertz CT molecular complexity index is 291. The Morgan fingerprint density at radius 2 is 2.12 bits per heavy atom. The minimum atomic E-state index is -1.05. The molecule has 1 aliphatic heterocycles. The molecule has 0 saturated carbocycles. The highest BCUT2D eigenvalue weighted by Gasteiger charge is 2.42. The number of nitrogens with two attached hydrogens (primary N) is 1. The van der Waals surface area contributed by atoms with Crippen molar-refractivity contribution in [3.8, 4) is 0 Å². The number of hydrogen-bond donors (Lipinski definition) is 2. The maximum atomic E-state index is 11.1. The number of carboxylic acids is 1. The largest absolute Gasteiger partial charge is 0.480 e. The minimum absolute atomic E-state index is 0.146. The van der Waals surface area contributed by atoms with Gasteiger partial charge in [0.05, 0.1) is 0 Å². The number of nitrogens with zero attached hydrogens (tertiary/aromatic N) is 2. The third-order valence-electron chi connectivity index (χ3n) is 3.20. The first-order valence-electron chi connectivity index (χ1n) is 6.04.